The van der Waals surface area contributed by atoms with Gasteiger partial charge in [0.15, 0.2) is 11.5 Å². The number of rotatable bonds is 7. The normalized spacial score (nSPS) is 17.2. The van der Waals surface area contributed by atoms with Crippen molar-refractivity contribution in [1.82, 2.24) is 10.6 Å². The minimum atomic E-state index is -0.472. The van der Waals surface area contributed by atoms with E-state index in [0.717, 1.165) is 37.7 Å². The van der Waals surface area contributed by atoms with E-state index in [2.05, 4.69) is 10.6 Å². The lowest BCUT2D eigenvalue weighted by Gasteiger charge is -2.29. The highest BCUT2D eigenvalue weighted by atomic mass is 16.5. The van der Waals surface area contributed by atoms with Crippen LogP contribution in [0.3, 0.4) is 0 Å². The number of methoxy groups -OCH3 is 2. The molecule has 0 aromatic heterocycles. The number of carbonyl (C=O) groups excluding carboxylic acids is 1. The molecule has 2 amide bonds. The molecule has 0 spiro atoms. The number of aliphatic hydroxyl groups excluding tert-OH is 1. The molecule has 1 atom stereocenters. The van der Waals surface area contributed by atoms with Gasteiger partial charge in [0.05, 0.1) is 32.4 Å². The molecular formula is C18H28N2O4. The third-order valence-electron chi connectivity index (χ3n) is 4.77. The van der Waals surface area contributed by atoms with Crippen LogP contribution in [-0.4, -0.2) is 37.5 Å². The van der Waals surface area contributed by atoms with Crippen LogP contribution >= 0.6 is 0 Å². The van der Waals surface area contributed by atoms with Crippen molar-refractivity contribution in [3.8, 4) is 11.5 Å². The lowest BCUT2D eigenvalue weighted by Crippen LogP contribution is -2.53. The van der Waals surface area contributed by atoms with Gasteiger partial charge in [0.2, 0.25) is 0 Å². The summed E-state index contributed by atoms with van der Waals surface area (Å²) in [6.07, 6.45) is 4.46. The first-order valence-electron chi connectivity index (χ1n) is 8.49. The fraction of sp³-hybridized carbons (Fsp3) is 0.611. The molecule has 1 aliphatic rings. The average Bonchev–Trinajstić information content (AvgIpc) is 3.07. The second kappa shape index (κ2) is 8.24. The van der Waals surface area contributed by atoms with Crippen LogP contribution in [0.4, 0.5) is 4.79 Å². The van der Waals surface area contributed by atoms with Gasteiger partial charge in [0, 0.05) is 0 Å². The zero-order chi connectivity index (χ0) is 17.6. The molecule has 6 nitrogen and oxygen atoms in total. The molecule has 6 heteroatoms. The van der Waals surface area contributed by atoms with E-state index in [4.69, 9.17) is 9.47 Å². The molecule has 1 saturated carbocycles. The topological polar surface area (TPSA) is 79.8 Å². The molecule has 1 fully saturated rings. The van der Waals surface area contributed by atoms with Gasteiger partial charge in [-0.15, -0.1) is 0 Å². The summed E-state index contributed by atoms with van der Waals surface area (Å²) in [4.78, 5) is 12.4. The molecule has 0 heterocycles. The molecule has 1 aromatic carbocycles. The second-order valence-electron chi connectivity index (χ2n) is 6.32. The summed E-state index contributed by atoms with van der Waals surface area (Å²) in [7, 11) is 3.18. The number of aliphatic hydroxyl groups is 1. The Balaban J connectivity index is 2.07. The molecule has 0 unspecified atom stereocenters. The molecular weight excluding hydrogens is 308 g/mol. The molecule has 24 heavy (non-hydrogen) atoms. The van der Waals surface area contributed by atoms with Gasteiger partial charge in [-0.2, -0.15) is 0 Å². The quantitative estimate of drug-likeness (QED) is 0.715. The summed E-state index contributed by atoms with van der Waals surface area (Å²) in [6.45, 7) is 1.99. The van der Waals surface area contributed by atoms with Gasteiger partial charge < -0.3 is 25.2 Å². The number of hydrogen-bond donors (Lipinski definition) is 3. The van der Waals surface area contributed by atoms with Crippen molar-refractivity contribution in [2.75, 3.05) is 20.8 Å². The molecule has 1 aromatic rings. The summed E-state index contributed by atoms with van der Waals surface area (Å²) in [5, 5.41) is 15.6. The molecule has 0 bridgehead atoms. The fourth-order valence-electron chi connectivity index (χ4n) is 3.30. The van der Waals surface area contributed by atoms with Gasteiger partial charge in [-0.05, 0) is 37.0 Å². The highest BCUT2D eigenvalue weighted by Gasteiger charge is 2.35. The molecule has 3 N–H and O–H groups in total. The van der Waals surface area contributed by atoms with Crippen molar-refractivity contribution < 1.29 is 19.4 Å². The highest BCUT2D eigenvalue weighted by molar-refractivity contribution is 5.75. The molecule has 1 aliphatic carbocycles. The summed E-state index contributed by atoms with van der Waals surface area (Å²) in [5.74, 6) is 1.30. The van der Waals surface area contributed by atoms with E-state index in [-0.39, 0.29) is 18.7 Å². The van der Waals surface area contributed by atoms with Gasteiger partial charge in [-0.25, -0.2) is 4.79 Å². The smallest absolute Gasteiger partial charge is 0.315 e. The highest BCUT2D eigenvalue weighted by Crippen LogP contribution is 2.31. The minimum absolute atomic E-state index is 0.0203. The molecule has 0 saturated heterocycles. The first-order chi connectivity index (χ1) is 11.6. The Hall–Kier alpha value is -1.95. The van der Waals surface area contributed by atoms with Crippen molar-refractivity contribution >= 4 is 6.03 Å². The first kappa shape index (κ1) is 18.4. The van der Waals surface area contributed by atoms with E-state index in [1.165, 1.54) is 0 Å². The Bertz CT molecular complexity index is 556. The summed E-state index contributed by atoms with van der Waals surface area (Å²) < 4.78 is 10.6. The number of urea groups is 1. The predicted molar refractivity (Wildman–Crippen MR) is 92.5 cm³/mol. The first-order valence-corrected chi connectivity index (χ1v) is 8.49. The van der Waals surface area contributed by atoms with E-state index >= 15 is 0 Å². The Morgan fingerprint density at radius 1 is 1.25 bits per heavy atom. The van der Waals surface area contributed by atoms with Crippen LogP contribution in [0.1, 0.15) is 50.6 Å². The largest absolute Gasteiger partial charge is 0.493 e. The van der Waals surface area contributed by atoms with Crippen molar-refractivity contribution in [3.63, 3.8) is 0 Å². The number of nitrogens with one attached hydrogen (secondary N) is 2. The number of amides is 2. The van der Waals surface area contributed by atoms with Crippen LogP contribution in [0.5, 0.6) is 11.5 Å². The van der Waals surface area contributed by atoms with Crippen LogP contribution in [0.25, 0.3) is 0 Å². The lowest BCUT2D eigenvalue weighted by molar-refractivity contribution is 0.161. The zero-order valence-electron chi connectivity index (χ0n) is 14.7. The van der Waals surface area contributed by atoms with Crippen LogP contribution < -0.4 is 20.1 Å². The SMILES string of the molecule is CC[C@@H](NC(=O)NC1(CO)CCCC1)c1ccc(OC)c(OC)c1. The van der Waals surface area contributed by atoms with Gasteiger partial charge in [0.1, 0.15) is 0 Å². The van der Waals surface area contributed by atoms with E-state index in [1.54, 1.807) is 14.2 Å². The Morgan fingerprint density at radius 2 is 1.92 bits per heavy atom. The third-order valence-corrected chi connectivity index (χ3v) is 4.77. The van der Waals surface area contributed by atoms with Crippen molar-refractivity contribution in [2.24, 2.45) is 0 Å². The fourth-order valence-corrected chi connectivity index (χ4v) is 3.30. The number of carbonyl (C=O) groups is 1. The third kappa shape index (κ3) is 4.12. The van der Waals surface area contributed by atoms with Gasteiger partial charge in [-0.1, -0.05) is 25.8 Å². The van der Waals surface area contributed by atoms with Crippen LogP contribution in [0, 0.1) is 0 Å². The standard InChI is InChI=1S/C18H28N2O4/c1-4-14(13-7-8-15(23-2)16(11-13)24-3)19-17(22)20-18(12-21)9-5-6-10-18/h7-8,11,14,21H,4-6,9-10,12H2,1-3H3,(H2,19,20,22)/t14-/m1/s1. The summed E-state index contributed by atoms with van der Waals surface area (Å²) in [5.41, 5.74) is 0.481. The van der Waals surface area contributed by atoms with Crippen molar-refractivity contribution in [3.05, 3.63) is 23.8 Å². The Labute approximate surface area is 143 Å². The Morgan fingerprint density at radius 3 is 2.46 bits per heavy atom. The molecule has 0 radical (unpaired) electrons. The van der Waals surface area contributed by atoms with E-state index in [9.17, 15) is 9.90 Å². The van der Waals surface area contributed by atoms with Crippen molar-refractivity contribution in [2.45, 2.75) is 50.6 Å². The van der Waals surface area contributed by atoms with Gasteiger partial charge in [0.25, 0.3) is 0 Å². The zero-order valence-corrected chi connectivity index (χ0v) is 14.7. The number of hydrogen-bond acceptors (Lipinski definition) is 4. The van der Waals surface area contributed by atoms with Crippen LogP contribution in [-0.2, 0) is 0 Å². The van der Waals surface area contributed by atoms with E-state index < -0.39 is 5.54 Å². The maximum atomic E-state index is 12.4. The summed E-state index contributed by atoms with van der Waals surface area (Å²) in [6, 6.07) is 5.26. The monoisotopic (exact) mass is 336 g/mol. The van der Waals surface area contributed by atoms with Crippen molar-refractivity contribution in [1.29, 1.82) is 0 Å². The lowest BCUT2D eigenvalue weighted by atomic mass is 9.99. The van der Waals surface area contributed by atoms with Gasteiger partial charge >= 0.3 is 6.03 Å². The predicted octanol–water partition coefficient (Wildman–Crippen LogP) is 2.76. The molecule has 0 aliphatic heterocycles. The average molecular weight is 336 g/mol. The maximum Gasteiger partial charge on any atom is 0.315 e. The molecule has 2 rings (SSSR count). The van der Waals surface area contributed by atoms with Gasteiger partial charge in [-0.3, -0.25) is 0 Å². The molecule has 134 valence electrons. The summed E-state index contributed by atoms with van der Waals surface area (Å²) >= 11 is 0. The van der Waals surface area contributed by atoms with E-state index in [0.29, 0.717) is 11.5 Å². The number of ether oxygens (including phenoxy) is 2. The van der Waals surface area contributed by atoms with Crippen LogP contribution in [0.2, 0.25) is 0 Å². The number of benzene rings is 1. The maximum absolute atomic E-state index is 12.4. The Kier molecular flexibility index (Phi) is 6.31. The van der Waals surface area contributed by atoms with Crippen LogP contribution in [0.15, 0.2) is 18.2 Å². The minimum Gasteiger partial charge on any atom is -0.493 e. The van der Waals surface area contributed by atoms with E-state index in [1.807, 2.05) is 25.1 Å². The second-order valence-corrected chi connectivity index (χ2v) is 6.32.